The van der Waals surface area contributed by atoms with E-state index in [2.05, 4.69) is 15.6 Å². The summed E-state index contributed by atoms with van der Waals surface area (Å²) >= 11 is 6.58. The third kappa shape index (κ3) is 1.78. The number of guanidine groups is 1. The largest absolute Gasteiger partial charge is 0.370 e. The topological polar surface area (TPSA) is 62.4 Å². The molecule has 0 saturated carbocycles. The van der Waals surface area contributed by atoms with E-state index < -0.39 is 0 Å². The fraction of sp³-hybridized carbons (Fsp3) is 0.143. The van der Waals surface area contributed by atoms with Crippen molar-refractivity contribution in [3.05, 3.63) is 22.4 Å². The maximum absolute atomic E-state index is 5.54. The number of hydrogen-bond donors (Lipinski definition) is 3. The van der Waals surface area contributed by atoms with Gasteiger partial charge in [0.1, 0.15) is 0 Å². The van der Waals surface area contributed by atoms with Crippen molar-refractivity contribution in [3.8, 4) is 0 Å². The zero-order valence-corrected chi connectivity index (χ0v) is 8.28. The van der Waals surface area contributed by atoms with Crippen molar-refractivity contribution in [1.82, 2.24) is 10.6 Å². The molecule has 1 atom stereocenters. The van der Waals surface area contributed by atoms with Gasteiger partial charge in [-0.05, 0) is 29.0 Å². The molecule has 13 heavy (non-hydrogen) atoms. The first-order chi connectivity index (χ1) is 6.25. The van der Waals surface area contributed by atoms with E-state index in [4.69, 9.17) is 18.0 Å². The summed E-state index contributed by atoms with van der Waals surface area (Å²) in [5.41, 5.74) is 6.62. The van der Waals surface area contributed by atoms with E-state index >= 15 is 0 Å². The number of aliphatic imine (C=N–C) groups is 1. The van der Waals surface area contributed by atoms with Gasteiger partial charge in [-0.15, -0.1) is 0 Å². The highest BCUT2D eigenvalue weighted by atomic mass is 32.1. The summed E-state index contributed by atoms with van der Waals surface area (Å²) < 4.78 is 0. The van der Waals surface area contributed by atoms with Crippen LogP contribution in [0.2, 0.25) is 0 Å². The van der Waals surface area contributed by atoms with Crippen LogP contribution >= 0.6 is 23.6 Å². The molecule has 2 rings (SSSR count). The summed E-state index contributed by atoms with van der Waals surface area (Å²) in [6.45, 7) is 0. The molecular formula is C7H8N4S2. The summed E-state index contributed by atoms with van der Waals surface area (Å²) in [5, 5.41) is 10.3. The summed E-state index contributed by atoms with van der Waals surface area (Å²) in [4.78, 5) is 4.17. The van der Waals surface area contributed by atoms with Crippen molar-refractivity contribution in [3.63, 3.8) is 0 Å². The molecule has 68 valence electrons. The maximum atomic E-state index is 5.54. The second-order valence-electron chi connectivity index (χ2n) is 2.57. The van der Waals surface area contributed by atoms with Crippen LogP contribution in [-0.4, -0.2) is 11.1 Å². The van der Waals surface area contributed by atoms with E-state index in [1.807, 2.05) is 16.8 Å². The first-order valence-electron chi connectivity index (χ1n) is 3.68. The van der Waals surface area contributed by atoms with Crippen LogP contribution in [0, 0.1) is 0 Å². The Morgan fingerprint density at radius 3 is 3.08 bits per heavy atom. The van der Waals surface area contributed by atoms with Crippen molar-refractivity contribution in [1.29, 1.82) is 0 Å². The zero-order chi connectivity index (χ0) is 9.26. The van der Waals surface area contributed by atoms with Gasteiger partial charge in [0.05, 0.1) is 0 Å². The lowest BCUT2D eigenvalue weighted by Crippen LogP contribution is -2.49. The third-order valence-electron chi connectivity index (χ3n) is 1.64. The molecule has 0 saturated heterocycles. The van der Waals surface area contributed by atoms with Gasteiger partial charge in [0.25, 0.3) is 0 Å². The number of nitrogens with zero attached hydrogens (tertiary/aromatic N) is 1. The van der Waals surface area contributed by atoms with E-state index in [9.17, 15) is 0 Å². The van der Waals surface area contributed by atoms with E-state index in [-0.39, 0.29) is 6.17 Å². The van der Waals surface area contributed by atoms with E-state index in [1.165, 1.54) is 0 Å². The minimum Gasteiger partial charge on any atom is -0.370 e. The number of thiocarbonyl (C=S) groups is 1. The predicted molar refractivity (Wildman–Crippen MR) is 57.6 cm³/mol. The number of hydrogen-bond acceptors (Lipinski definition) is 4. The molecule has 1 aliphatic heterocycles. The van der Waals surface area contributed by atoms with Crippen LogP contribution in [0.15, 0.2) is 21.8 Å². The predicted octanol–water partition coefficient (Wildman–Crippen LogP) is 0.539. The molecule has 0 unspecified atom stereocenters. The minimum atomic E-state index is -0.139. The SMILES string of the molecule is NC1=N[C@@H](c2ccsc2)NC(=S)N1. The van der Waals surface area contributed by atoms with E-state index in [0.29, 0.717) is 11.1 Å². The molecule has 1 aliphatic rings. The lowest BCUT2D eigenvalue weighted by molar-refractivity contribution is 0.662. The second-order valence-corrected chi connectivity index (χ2v) is 3.76. The molecule has 2 heterocycles. The molecule has 1 aromatic heterocycles. The standard InChI is InChI=1S/C7H8N4S2/c8-6-9-5(10-7(12)11-6)4-1-2-13-3-4/h1-3,5H,(H4,8,9,10,11,12)/t5-/m1/s1. The molecule has 1 aromatic rings. The third-order valence-corrected chi connectivity index (χ3v) is 2.56. The van der Waals surface area contributed by atoms with Crippen molar-refractivity contribution < 1.29 is 0 Å². The first kappa shape index (κ1) is 8.46. The molecule has 0 aliphatic carbocycles. The van der Waals surface area contributed by atoms with Crippen LogP contribution in [0.1, 0.15) is 11.7 Å². The van der Waals surface area contributed by atoms with Gasteiger partial charge < -0.3 is 16.4 Å². The normalized spacial score (nSPS) is 21.7. The highest BCUT2D eigenvalue weighted by Gasteiger charge is 2.16. The van der Waals surface area contributed by atoms with Crippen LogP contribution in [0.4, 0.5) is 0 Å². The number of rotatable bonds is 1. The van der Waals surface area contributed by atoms with Gasteiger partial charge in [0.2, 0.25) is 0 Å². The molecule has 0 aromatic carbocycles. The van der Waals surface area contributed by atoms with Gasteiger partial charge in [0, 0.05) is 5.56 Å². The Kier molecular flexibility index (Phi) is 2.15. The quantitative estimate of drug-likeness (QED) is 0.595. The second kappa shape index (κ2) is 3.31. The van der Waals surface area contributed by atoms with E-state index in [1.54, 1.807) is 11.3 Å². The fourth-order valence-electron chi connectivity index (χ4n) is 1.07. The van der Waals surface area contributed by atoms with Gasteiger partial charge in [-0.1, -0.05) is 0 Å². The zero-order valence-electron chi connectivity index (χ0n) is 6.65. The van der Waals surface area contributed by atoms with Crippen molar-refractivity contribution in [2.45, 2.75) is 6.17 Å². The molecule has 0 amide bonds. The molecule has 6 heteroatoms. The van der Waals surface area contributed by atoms with Crippen molar-refractivity contribution in [2.75, 3.05) is 0 Å². The maximum Gasteiger partial charge on any atom is 0.197 e. The van der Waals surface area contributed by atoms with Crippen molar-refractivity contribution in [2.24, 2.45) is 10.7 Å². The summed E-state index contributed by atoms with van der Waals surface area (Å²) in [6, 6.07) is 1.99. The van der Waals surface area contributed by atoms with Gasteiger partial charge in [-0.25, -0.2) is 4.99 Å². The van der Waals surface area contributed by atoms with Crippen LogP contribution in [0.3, 0.4) is 0 Å². The Morgan fingerprint density at radius 2 is 2.46 bits per heavy atom. The Balaban J connectivity index is 2.25. The van der Waals surface area contributed by atoms with Gasteiger partial charge >= 0.3 is 0 Å². The van der Waals surface area contributed by atoms with E-state index in [0.717, 1.165) is 5.56 Å². The van der Waals surface area contributed by atoms with Crippen LogP contribution in [0.25, 0.3) is 0 Å². The number of nitrogens with two attached hydrogens (primary N) is 1. The molecule has 0 fully saturated rings. The summed E-state index contributed by atoms with van der Waals surface area (Å²) in [6.07, 6.45) is -0.139. The molecule has 0 bridgehead atoms. The highest BCUT2D eigenvalue weighted by molar-refractivity contribution is 7.80. The fourth-order valence-corrected chi connectivity index (χ4v) is 1.96. The summed E-state index contributed by atoms with van der Waals surface area (Å²) in [5.74, 6) is 0.361. The molecular weight excluding hydrogens is 204 g/mol. The molecule has 0 spiro atoms. The Morgan fingerprint density at radius 1 is 1.62 bits per heavy atom. The highest BCUT2D eigenvalue weighted by Crippen LogP contribution is 2.18. The average molecular weight is 212 g/mol. The minimum absolute atomic E-state index is 0.139. The molecule has 0 radical (unpaired) electrons. The summed E-state index contributed by atoms with van der Waals surface area (Å²) in [7, 11) is 0. The molecule has 4 N–H and O–H groups in total. The first-order valence-corrected chi connectivity index (χ1v) is 5.04. The van der Waals surface area contributed by atoms with Gasteiger partial charge in [0.15, 0.2) is 17.2 Å². The Labute approximate surface area is 84.9 Å². The van der Waals surface area contributed by atoms with Gasteiger partial charge in [-0.3, -0.25) is 0 Å². The molecule has 4 nitrogen and oxygen atoms in total. The lowest BCUT2D eigenvalue weighted by Gasteiger charge is -2.22. The monoisotopic (exact) mass is 212 g/mol. The van der Waals surface area contributed by atoms with Crippen molar-refractivity contribution >= 4 is 34.6 Å². The van der Waals surface area contributed by atoms with Crippen LogP contribution in [-0.2, 0) is 0 Å². The van der Waals surface area contributed by atoms with Gasteiger partial charge in [-0.2, -0.15) is 11.3 Å². The Hall–Kier alpha value is -1.14. The number of nitrogens with one attached hydrogen (secondary N) is 2. The number of thiophene rings is 1. The van der Waals surface area contributed by atoms with Crippen LogP contribution in [0.5, 0.6) is 0 Å². The lowest BCUT2D eigenvalue weighted by atomic mass is 10.3. The van der Waals surface area contributed by atoms with Crippen LogP contribution < -0.4 is 16.4 Å². The smallest absolute Gasteiger partial charge is 0.197 e. The Bertz CT molecular complexity index is 343. The average Bonchev–Trinajstić information content (AvgIpc) is 2.53.